The van der Waals surface area contributed by atoms with E-state index < -0.39 is 24.4 Å². The van der Waals surface area contributed by atoms with E-state index in [1.807, 2.05) is 0 Å². The van der Waals surface area contributed by atoms with Gasteiger partial charge in [-0.3, -0.25) is 4.79 Å². The molecule has 0 fully saturated rings. The Kier molecular flexibility index (Phi) is 5.01. The molecule has 9 heteroatoms. The number of nitrogens with zero attached hydrogens (tertiary/aromatic N) is 1. The first kappa shape index (κ1) is 17.6. The molecule has 0 aliphatic rings. The number of carbonyl (C=O) groups is 1. The van der Waals surface area contributed by atoms with Crippen LogP contribution in [-0.2, 0) is 6.18 Å². The third-order valence-electron chi connectivity index (χ3n) is 2.97. The number of alkyl halides is 5. The Labute approximate surface area is 133 Å². The Morgan fingerprint density at radius 1 is 1.17 bits per heavy atom. The zero-order chi connectivity index (χ0) is 17.9. The summed E-state index contributed by atoms with van der Waals surface area (Å²) in [4.78, 5) is 15.5. The fraction of sp³-hybridized carbons (Fsp3) is 0.200. The van der Waals surface area contributed by atoms with Crippen molar-refractivity contribution in [1.82, 2.24) is 4.98 Å². The Morgan fingerprint density at radius 2 is 1.83 bits per heavy atom. The molecular weight excluding hydrogens is 335 g/mol. The number of halogens is 5. The lowest BCUT2D eigenvalue weighted by Gasteiger charge is -2.13. The lowest BCUT2D eigenvalue weighted by atomic mass is 10.1. The predicted molar refractivity (Wildman–Crippen MR) is 75.0 cm³/mol. The normalized spacial score (nSPS) is 11.5. The number of nitrogens with one attached hydrogen (secondary N) is 1. The van der Waals surface area contributed by atoms with E-state index in [-0.39, 0.29) is 22.7 Å². The van der Waals surface area contributed by atoms with Crippen LogP contribution in [0.25, 0.3) is 0 Å². The second kappa shape index (κ2) is 6.81. The van der Waals surface area contributed by atoms with Crippen molar-refractivity contribution >= 4 is 11.6 Å². The fourth-order valence-corrected chi connectivity index (χ4v) is 1.92. The minimum atomic E-state index is -4.63. The summed E-state index contributed by atoms with van der Waals surface area (Å²) in [6.45, 7) is -1.84. The second-order valence-electron chi connectivity index (χ2n) is 4.66. The summed E-state index contributed by atoms with van der Waals surface area (Å²) >= 11 is 0. The van der Waals surface area contributed by atoms with Crippen molar-refractivity contribution in [2.45, 2.75) is 19.7 Å². The Morgan fingerprint density at radius 3 is 2.42 bits per heavy atom. The van der Waals surface area contributed by atoms with Gasteiger partial charge in [0.1, 0.15) is 11.4 Å². The molecule has 1 aromatic heterocycles. The fourth-order valence-electron chi connectivity index (χ4n) is 1.92. The van der Waals surface area contributed by atoms with E-state index in [2.05, 4.69) is 15.0 Å². The standard InChI is InChI=1S/C15H11F5N2O2/c1-8-9(6-7-12(21-8)15(18,19)20)13(23)22-10-4-2-3-5-11(10)24-14(16)17/h2-7,14H,1H3,(H,22,23). The number of aromatic nitrogens is 1. The number of rotatable bonds is 4. The molecule has 24 heavy (non-hydrogen) atoms. The smallest absolute Gasteiger partial charge is 0.433 e. The highest BCUT2D eigenvalue weighted by molar-refractivity contribution is 6.05. The molecule has 2 rings (SSSR count). The number of amides is 1. The van der Waals surface area contributed by atoms with Crippen LogP contribution in [0.3, 0.4) is 0 Å². The number of carbonyl (C=O) groups excluding carboxylic acids is 1. The number of benzene rings is 1. The van der Waals surface area contributed by atoms with Crippen LogP contribution < -0.4 is 10.1 Å². The van der Waals surface area contributed by atoms with Crippen LogP contribution in [-0.4, -0.2) is 17.5 Å². The maximum Gasteiger partial charge on any atom is 0.433 e. The topological polar surface area (TPSA) is 51.2 Å². The molecule has 0 unspecified atom stereocenters. The number of pyridine rings is 1. The molecule has 0 atom stereocenters. The van der Waals surface area contributed by atoms with Gasteiger partial charge in [-0.25, -0.2) is 4.98 Å². The van der Waals surface area contributed by atoms with Crippen molar-refractivity contribution in [2.24, 2.45) is 0 Å². The van der Waals surface area contributed by atoms with Crippen molar-refractivity contribution in [1.29, 1.82) is 0 Å². The molecule has 128 valence electrons. The number of para-hydroxylation sites is 2. The minimum absolute atomic E-state index is 0.0397. The summed E-state index contributed by atoms with van der Waals surface area (Å²) in [5.74, 6) is -1.06. The summed E-state index contributed by atoms with van der Waals surface area (Å²) in [5, 5.41) is 2.31. The summed E-state index contributed by atoms with van der Waals surface area (Å²) < 4.78 is 66.6. The number of hydrogen-bond acceptors (Lipinski definition) is 3. The van der Waals surface area contributed by atoms with E-state index in [0.717, 1.165) is 6.07 Å². The number of anilines is 1. The van der Waals surface area contributed by atoms with Gasteiger partial charge in [0.15, 0.2) is 0 Å². The molecule has 1 amide bonds. The van der Waals surface area contributed by atoms with Gasteiger partial charge < -0.3 is 10.1 Å². The van der Waals surface area contributed by atoms with Gasteiger partial charge in [0.2, 0.25) is 0 Å². The molecule has 4 nitrogen and oxygen atoms in total. The van der Waals surface area contributed by atoms with Crippen molar-refractivity contribution in [2.75, 3.05) is 5.32 Å². The Balaban J connectivity index is 2.25. The molecule has 0 saturated heterocycles. The van der Waals surface area contributed by atoms with Gasteiger partial charge in [0, 0.05) is 0 Å². The highest BCUT2D eigenvalue weighted by Crippen LogP contribution is 2.29. The molecule has 0 aliphatic carbocycles. The second-order valence-corrected chi connectivity index (χ2v) is 4.66. The lowest BCUT2D eigenvalue weighted by molar-refractivity contribution is -0.141. The molecular formula is C15H11F5N2O2. The average molecular weight is 346 g/mol. The van der Waals surface area contributed by atoms with Crippen molar-refractivity contribution in [3.63, 3.8) is 0 Å². The van der Waals surface area contributed by atoms with E-state index in [1.165, 1.54) is 31.2 Å². The molecule has 1 aromatic carbocycles. The van der Waals surface area contributed by atoms with Crippen LogP contribution in [0.1, 0.15) is 21.7 Å². The van der Waals surface area contributed by atoms with Crippen LogP contribution >= 0.6 is 0 Å². The molecule has 0 spiro atoms. The zero-order valence-corrected chi connectivity index (χ0v) is 12.2. The molecule has 2 aromatic rings. The number of hydrogen-bond donors (Lipinski definition) is 1. The summed E-state index contributed by atoms with van der Waals surface area (Å²) in [6.07, 6.45) is -4.63. The maximum atomic E-state index is 12.6. The Hall–Kier alpha value is -2.71. The van der Waals surface area contributed by atoms with Gasteiger partial charge in [0.25, 0.3) is 5.91 Å². The molecule has 0 saturated carbocycles. The van der Waals surface area contributed by atoms with E-state index in [0.29, 0.717) is 6.07 Å². The van der Waals surface area contributed by atoms with Crippen LogP contribution in [0.15, 0.2) is 36.4 Å². The first-order chi connectivity index (χ1) is 11.2. The van der Waals surface area contributed by atoms with Gasteiger partial charge >= 0.3 is 12.8 Å². The average Bonchev–Trinajstić information content (AvgIpc) is 2.47. The van der Waals surface area contributed by atoms with Crippen LogP contribution in [0, 0.1) is 6.92 Å². The van der Waals surface area contributed by atoms with Crippen LogP contribution in [0.2, 0.25) is 0 Å². The van der Waals surface area contributed by atoms with E-state index in [9.17, 15) is 26.7 Å². The highest BCUT2D eigenvalue weighted by Gasteiger charge is 2.33. The molecule has 1 N–H and O–H groups in total. The highest BCUT2D eigenvalue weighted by atomic mass is 19.4. The lowest BCUT2D eigenvalue weighted by Crippen LogP contribution is -2.17. The van der Waals surface area contributed by atoms with Crippen molar-refractivity contribution < 1.29 is 31.5 Å². The first-order valence-electron chi connectivity index (χ1n) is 6.58. The summed E-state index contributed by atoms with van der Waals surface area (Å²) in [7, 11) is 0. The molecule has 0 bridgehead atoms. The minimum Gasteiger partial charge on any atom is -0.433 e. The quantitative estimate of drug-likeness (QED) is 0.842. The van der Waals surface area contributed by atoms with Crippen LogP contribution in [0.4, 0.5) is 27.6 Å². The van der Waals surface area contributed by atoms with Crippen LogP contribution in [0.5, 0.6) is 5.75 Å². The van der Waals surface area contributed by atoms with Gasteiger partial charge in [-0.1, -0.05) is 12.1 Å². The van der Waals surface area contributed by atoms with E-state index >= 15 is 0 Å². The van der Waals surface area contributed by atoms with E-state index in [4.69, 9.17) is 0 Å². The van der Waals surface area contributed by atoms with Gasteiger partial charge in [-0.15, -0.1) is 0 Å². The van der Waals surface area contributed by atoms with Gasteiger partial charge in [-0.2, -0.15) is 22.0 Å². The molecule has 0 aliphatic heterocycles. The summed E-state index contributed by atoms with van der Waals surface area (Å²) in [6, 6.07) is 7.09. The largest absolute Gasteiger partial charge is 0.433 e. The van der Waals surface area contributed by atoms with Crippen molar-refractivity contribution in [3.05, 3.63) is 53.3 Å². The third kappa shape index (κ3) is 4.18. The summed E-state index contributed by atoms with van der Waals surface area (Å²) in [5.41, 5.74) is -1.43. The molecule has 0 radical (unpaired) electrons. The number of aryl methyl sites for hydroxylation is 1. The third-order valence-corrected chi connectivity index (χ3v) is 2.97. The maximum absolute atomic E-state index is 12.6. The van der Waals surface area contributed by atoms with Crippen molar-refractivity contribution in [3.8, 4) is 5.75 Å². The van der Waals surface area contributed by atoms with Gasteiger partial charge in [0.05, 0.1) is 16.9 Å². The predicted octanol–water partition coefficient (Wildman–Crippen LogP) is 4.26. The zero-order valence-electron chi connectivity index (χ0n) is 12.2. The molecule has 1 heterocycles. The Bertz CT molecular complexity index is 747. The number of ether oxygens (including phenoxy) is 1. The monoisotopic (exact) mass is 346 g/mol. The first-order valence-corrected chi connectivity index (χ1v) is 6.58. The van der Waals surface area contributed by atoms with Gasteiger partial charge in [-0.05, 0) is 31.2 Å². The SMILES string of the molecule is Cc1nc(C(F)(F)F)ccc1C(=O)Nc1ccccc1OC(F)F. The van der Waals surface area contributed by atoms with E-state index in [1.54, 1.807) is 0 Å².